The zero-order chi connectivity index (χ0) is 19.2. The van der Waals surface area contributed by atoms with Gasteiger partial charge in [-0.2, -0.15) is 5.26 Å². The van der Waals surface area contributed by atoms with Crippen molar-refractivity contribution >= 4 is 27.1 Å². The normalized spacial score (nSPS) is 12.3. The first-order valence-corrected chi connectivity index (χ1v) is 9.32. The van der Waals surface area contributed by atoms with Crippen LogP contribution in [0.25, 0.3) is 22.6 Å². The first-order valence-electron chi connectivity index (χ1n) is 8.53. The highest BCUT2D eigenvalue weighted by Crippen LogP contribution is 2.23. The number of nitriles is 1. The van der Waals surface area contributed by atoms with Gasteiger partial charge in [0.25, 0.3) is 0 Å². The summed E-state index contributed by atoms with van der Waals surface area (Å²) in [6.45, 7) is 1.28. The van der Waals surface area contributed by atoms with Gasteiger partial charge in [0.05, 0.1) is 11.6 Å². The molecule has 1 atom stereocenters. The van der Waals surface area contributed by atoms with Crippen LogP contribution in [0.4, 0.5) is 0 Å². The number of benzene rings is 1. The van der Waals surface area contributed by atoms with Crippen LogP contribution in [0.15, 0.2) is 41.0 Å². The van der Waals surface area contributed by atoms with Gasteiger partial charge in [0, 0.05) is 35.7 Å². The minimum absolute atomic E-state index is 0.193. The molecule has 0 aliphatic rings. The Morgan fingerprint density at radius 2 is 2.15 bits per heavy atom. The van der Waals surface area contributed by atoms with Crippen LogP contribution in [-0.2, 0) is 0 Å². The molecule has 0 amide bonds. The van der Waals surface area contributed by atoms with Gasteiger partial charge < -0.3 is 19.7 Å². The van der Waals surface area contributed by atoms with Crippen LogP contribution in [0.1, 0.15) is 6.42 Å². The van der Waals surface area contributed by atoms with E-state index in [1.165, 1.54) is 0 Å². The molecule has 7 nitrogen and oxygen atoms in total. The number of hydrogen-bond acceptors (Lipinski definition) is 6. The highest BCUT2D eigenvalue weighted by molar-refractivity contribution is 9.10. The standard InChI is InChI=1S/C19H20BrN5O2/c1-25(8-2-7-21)11-15(26)12-27-16-5-3-13(4-6-16)18-23-17-9-14(20)10-22-19(17)24-18/h3-6,9-10,15,26H,2,8,11-12H2,1H3,(H,22,23,24). The molecule has 2 heterocycles. The lowest BCUT2D eigenvalue weighted by molar-refractivity contribution is 0.0770. The number of nitrogens with zero attached hydrogens (tertiary/aromatic N) is 4. The van der Waals surface area contributed by atoms with E-state index in [0.29, 0.717) is 30.9 Å². The molecule has 0 aliphatic carbocycles. The number of aromatic amines is 1. The third-order valence-electron chi connectivity index (χ3n) is 4.00. The van der Waals surface area contributed by atoms with E-state index in [4.69, 9.17) is 10.00 Å². The summed E-state index contributed by atoms with van der Waals surface area (Å²) in [5.74, 6) is 1.41. The van der Waals surface area contributed by atoms with Gasteiger partial charge in [0.15, 0.2) is 5.65 Å². The van der Waals surface area contributed by atoms with E-state index in [0.717, 1.165) is 21.4 Å². The third kappa shape index (κ3) is 5.26. The summed E-state index contributed by atoms with van der Waals surface area (Å²) < 4.78 is 6.54. The molecule has 0 fully saturated rings. The van der Waals surface area contributed by atoms with E-state index in [1.807, 2.05) is 42.3 Å². The number of imidazole rings is 1. The van der Waals surface area contributed by atoms with Gasteiger partial charge in [-0.25, -0.2) is 9.97 Å². The number of H-pyrrole nitrogens is 1. The highest BCUT2D eigenvalue weighted by Gasteiger charge is 2.10. The summed E-state index contributed by atoms with van der Waals surface area (Å²) in [7, 11) is 1.87. The Balaban J connectivity index is 1.57. The summed E-state index contributed by atoms with van der Waals surface area (Å²) >= 11 is 3.40. The smallest absolute Gasteiger partial charge is 0.178 e. The predicted octanol–water partition coefficient (Wildman–Crippen LogP) is 2.97. The minimum Gasteiger partial charge on any atom is -0.491 e. The van der Waals surface area contributed by atoms with Gasteiger partial charge in [-0.05, 0) is 53.3 Å². The molecule has 3 aromatic rings. The van der Waals surface area contributed by atoms with Crippen LogP contribution in [0.3, 0.4) is 0 Å². The number of likely N-dealkylation sites (N-methyl/N-ethyl adjacent to an activating group) is 1. The van der Waals surface area contributed by atoms with E-state index in [9.17, 15) is 5.11 Å². The first kappa shape index (κ1) is 19.3. The fraction of sp³-hybridized carbons (Fsp3) is 0.316. The SMILES string of the molecule is CN(CCC#N)CC(O)COc1ccc(-c2nc3ncc(Br)cc3[nH]2)cc1. The lowest BCUT2D eigenvalue weighted by Crippen LogP contribution is -2.33. The first-order chi connectivity index (χ1) is 13.0. The average Bonchev–Trinajstić information content (AvgIpc) is 3.08. The number of nitrogens with one attached hydrogen (secondary N) is 1. The molecule has 2 N–H and O–H groups in total. The topological polar surface area (TPSA) is 98.1 Å². The van der Waals surface area contributed by atoms with E-state index in [1.54, 1.807) is 6.20 Å². The molecular formula is C19H20BrN5O2. The molecule has 1 aromatic carbocycles. The van der Waals surface area contributed by atoms with Gasteiger partial charge in [-0.3, -0.25) is 0 Å². The number of rotatable bonds is 8. The van der Waals surface area contributed by atoms with Gasteiger partial charge in [-0.1, -0.05) is 0 Å². The van der Waals surface area contributed by atoms with Gasteiger partial charge in [-0.15, -0.1) is 0 Å². The Morgan fingerprint density at radius 1 is 1.37 bits per heavy atom. The Morgan fingerprint density at radius 3 is 2.89 bits per heavy atom. The number of aliphatic hydroxyl groups excluding tert-OH is 1. The Bertz CT molecular complexity index is 935. The summed E-state index contributed by atoms with van der Waals surface area (Å²) in [6.07, 6.45) is 1.54. The van der Waals surface area contributed by atoms with Crippen LogP contribution in [-0.4, -0.2) is 57.8 Å². The molecule has 0 bridgehead atoms. The number of hydrogen-bond donors (Lipinski definition) is 2. The fourth-order valence-corrected chi connectivity index (χ4v) is 2.99. The summed E-state index contributed by atoms with van der Waals surface area (Å²) in [4.78, 5) is 13.9. The van der Waals surface area contributed by atoms with Crippen LogP contribution in [0.5, 0.6) is 5.75 Å². The van der Waals surface area contributed by atoms with Gasteiger partial charge in [0.1, 0.15) is 24.3 Å². The largest absolute Gasteiger partial charge is 0.491 e. The average molecular weight is 430 g/mol. The predicted molar refractivity (Wildman–Crippen MR) is 106 cm³/mol. The van der Waals surface area contributed by atoms with E-state index < -0.39 is 6.10 Å². The van der Waals surface area contributed by atoms with Crippen molar-refractivity contribution in [3.05, 3.63) is 41.0 Å². The maximum Gasteiger partial charge on any atom is 0.178 e. The zero-order valence-electron chi connectivity index (χ0n) is 14.9. The maximum atomic E-state index is 10.0. The number of halogens is 1. The van der Waals surface area contributed by atoms with Crippen LogP contribution >= 0.6 is 15.9 Å². The minimum atomic E-state index is -0.617. The molecule has 0 saturated heterocycles. The van der Waals surface area contributed by atoms with E-state index >= 15 is 0 Å². The third-order valence-corrected chi connectivity index (χ3v) is 4.44. The second kappa shape index (κ2) is 8.95. The Kier molecular flexibility index (Phi) is 6.40. The summed E-state index contributed by atoms with van der Waals surface area (Å²) in [6, 6.07) is 11.5. The van der Waals surface area contributed by atoms with Gasteiger partial charge >= 0.3 is 0 Å². The van der Waals surface area contributed by atoms with Crippen LogP contribution < -0.4 is 4.74 Å². The lowest BCUT2D eigenvalue weighted by atomic mass is 10.2. The van der Waals surface area contributed by atoms with Crippen molar-refractivity contribution in [2.24, 2.45) is 0 Å². The fourth-order valence-electron chi connectivity index (χ4n) is 2.66. The Hall–Kier alpha value is -2.47. The quantitative estimate of drug-likeness (QED) is 0.570. The zero-order valence-corrected chi connectivity index (χ0v) is 16.5. The second-order valence-corrected chi connectivity index (χ2v) is 7.19. The van der Waals surface area contributed by atoms with Crippen molar-refractivity contribution in [1.29, 1.82) is 5.26 Å². The van der Waals surface area contributed by atoms with Crippen molar-refractivity contribution in [1.82, 2.24) is 19.9 Å². The second-order valence-electron chi connectivity index (χ2n) is 6.27. The van der Waals surface area contributed by atoms with Crippen molar-refractivity contribution in [3.8, 4) is 23.2 Å². The molecular weight excluding hydrogens is 410 g/mol. The van der Waals surface area contributed by atoms with Crippen molar-refractivity contribution in [2.45, 2.75) is 12.5 Å². The molecule has 2 aromatic heterocycles. The van der Waals surface area contributed by atoms with Crippen molar-refractivity contribution in [3.63, 3.8) is 0 Å². The molecule has 0 spiro atoms. The molecule has 27 heavy (non-hydrogen) atoms. The number of ether oxygens (including phenoxy) is 1. The van der Waals surface area contributed by atoms with Gasteiger partial charge in [0.2, 0.25) is 0 Å². The van der Waals surface area contributed by atoms with Crippen LogP contribution in [0.2, 0.25) is 0 Å². The number of aliphatic hydroxyl groups is 1. The number of fused-ring (bicyclic) bond motifs is 1. The molecule has 1 unspecified atom stereocenters. The molecule has 0 saturated carbocycles. The molecule has 0 radical (unpaired) electrons. The molecule has 0 aliphatic heterocycles. The molecule has 3 rings (SSSR count). The van der Waals surface area contributed by atoms with Crippen molar-refractivity contribution < 1.29 is 9.84 Å². The number of aromatic nitrogens is 3. The maximum absolute atomic E-state index is 10.0. The van der Waals surface area contributed by atoms with E-state index in [2.05, 4.69) is 37.0 Å². The van der Waals surface area contributed by atoms with E-state index in [-0.39, 0.29) is 6.61 Å². The van der Waals surface area contributed by atoms with Crippen LogP contribution in [0, 0.1) is 11.3 Å². The number of pyridine rings is 1. The highest BCUT2D eigenvalue weighted by atomic mass is 79.9. The Labute approximate surface area is 165 Å². The summed E-state index contributed by atoms with van der Waals surface area (Å²) in [5, 5.41) is 18.6. The van der Waals surface area contributed by atoms with Crippen molar-refractivity contribution in [2.75, 3.05) is 26.7 Å². The lowest BCUT2D eigenvalue weighted by Gasteiger charge is -2.19. The molecule has 140 valence electrons. The monoisotopic (exact) mass is 429 g/mol. The molecule has 8 heteroatoms. The summed E-state index contributed by atoms with van der Waals surface area (Å²) in [5.41, 5.74) is 2.45.